The highest BCUT2D eigenvalue weighted by atomic mass is 16.5. The van der Waals surface area contributed by atoms with E-state index in [0.717, 1.165) is 5.56 Å². The van der Waals surface area contributed by atoms with E-state index in [-0.39, 0.29) is 12.4 Å². The first-order valence-electron chi connectivity index (χ1n) is 11.1. The number of aromatic nitrogens is 1. The van der Waals surface area contributed by atoms with Crippen molar-refractivity contribution in [3.8, 4) is 17.0 Å². The number of para-hydroxylation sites is 1. The summed E-state index contributed by atoms with van der Waals surface area (Å²) < 4.78 is 15.9. The van der Waals surface area contributed by atoms with Crippen LogP contribution >= 0.6 is 0 Å². The van der Waals surface area contributed by atoms with Gasteiger partial charge in [-0.15, -0.1) is 0 Å². The fourth-order valence-electron chi connectivity index (χ4n) is 4.16. The van der Waals surface area contributed by atoms with E-state index in [1.165, 1.54) is 11.2 Å². The van der Waals surface area contributed by atoms with E-state index < -0.39 is 29.6 Å². The lowest BCUT2D eigenvalue weighted by atomic mass is 9.84. The third-order valence-corrected chi connectivity index (χ3v) is 5.84. The standard InChI is InChI=1S/C26H26N2O6/c1-16(2)24(29)22-23(19-6-4-5-7-21(19)33-15-14-32-3)28(26(31)25(22)30)18-10-8-17(9-11-18)20-12-13-34-27-20/h4-13,16,22-23H,14-15H2,1-3H3. The van der Waals surface area contributed by atoms with Crippen molar-refractivity contribution >= 4 is 23.2 Å². The Labute approximate surface area is 197 Å². The number of nitrogens with zero attached hydrogens (tertiary/aromatic N) is 2. The number of Topliss-reactive ketones (excluding diaryl/α,β-unsaturated/α-hetero) is 2. The third-order valence-electron chi connectivity index (χ3n) is 5.84. The summed E-state index contributed by atoms with van der Waals surface area (Å²) in [5.74, 6) is -2.76. The zero-order valence-corrected chi connectivity index (χ0v) is 19.3. The molecule has 1 saturated heterocycles. The Balaban J connectivity index is 1.79. The van der Waals surface area contributed by atoms with Crippen LogP contribution in [0.25, 0.3) is 11.3 Å². The largest absolute Gasteiger partial charge is 0.491 e. The fourth-order valence-corrected chi connectivity index (χ4v) is 4.16. The van der Waals surface area contributed by atoms with Gasteiger partial charge in [-0.05, 0) is 18.2 Å². The number of methoxy groups -OCH3 is 1. The van der Waals surface area contributed by atoms with Gasteiger partial charge < -0.3 is 14.0 Å². The summed E-state index contributed by atoms with van der Waals surface area (Å²) in [7, 11) is 1.57. The van der Waals surface area contributed by atoms with Crippen LogP contribution in [0.15, 0.2) is 65.4 Å². The Kier molecular flexibility index (Phi) is 6.88. The maximum absolute atomic E-state index is 13.2. The van der Waals surface area contributed by atoms with Gasteiger partial charge in [-0.2, -0.15) is 0 Å². The lowest BCUT2D eigenvalue weighted by Crippen LogP contribution is -2.32. The van der Waals surface area contributed by atoms with Gasteiger partial charge >= 0.3 is 0 Å². The average molecular weight is 463 g/mol. The molecule has 1 amide bonds. The number of anilines is 1. The molecule has 2 aromatic carbocycles. The molecule has 1 fully saturated rings. The number of amides is 1. The number of carbonyl (C=O) groups excluding carboxylic acids is 3. The summed E-state index contributed by atoms with van der Waals surface area (Å²) in [6, 6.07) is 15.1. The molecule has 34 heavy (non-hydrogen) atoms. The number of rotatable bonds is 9. The molecule has 2 heterocycles. The minimum atomic E-state index is -1.13. The maximum atomic E-state index is 13.2. The number of carbonyl (C=O) groups is 3. The van der Waals surface area contributed by atoms with E-state index in [9.17, 15) is 14.4 Å². The van der Waals surface area contributed by atoms with E-state index in [2.05, 4.69) is 5.16 Å². The van der Waals surface area contributed by atoms with Crippen LogP contribution in [0.5, 0.6) is 5.75 Å². The molecule has 0 N–H and O–H groups in total. The summed E-state index contributed by atoms with van der Waals surface area (Å²) in [4.78, 5) is 41.0. The summed E-state index contributed by atoms with van der Waals surface area (Å²) >= 11 is 0. The molecule has 8 heteroatoms. The molecule has 0 spiro atoms. The van der Waals surface area contributed by atoms with Crippen molar-refractivity contribution in [2.75, 3.05) is 25.2 Å². The van der Waals surface area contributed by atoms with Crippen LogP contribution in [-0.4, -0.2) is 43.0 Å². The maximum Gasteiger partial charge on any atom is 0.295 e. The second-order valence-electron chi connectivity index (χ2n) is 8.33. The average Bonchev–Trinajstić information content (AvgIpc) is 3.47. The molecule has 0 bridgehead atoms. The summed E-state index contributed by atoms with van der Waals surface area (Å²) in [6.07, 6.45) is 1.48. The minimum absolute atomic E-state index is 0.281. The number of ketones is 2. The van der Waals surface area contributed by atoms with Crippen molar-refractivity contribution in [2.24, 2.45) is 11.8 Å². The van der Waals surface area contributed by atoms with Crippen molar-refractivity contribution in [3.05, 3.63) is 66.4 Å². The molecule has 1 aliphatic heterocycles. The smallest absolute Gasteiger partial charge is 0.295 e. The highest BCUT2D eigenvalue weighted by molar-refractivity contribution is 6.48. The number of hydrogen-bond donors (Lipinski definition) is 0. The molecule has 2 unspecified atom stereocenters. The number of benzene rings is 2. The lowest BCUT2D eigenvalue weighted by Gasteiger charge is -2.29. The Morgan fingerprint density at radius 2 is 1.79 bits per heavy atom. The Morgan fingerprint density at radius 1 is 1.06 bits per heavy atom. The van der Waals surface area contributed by atoms with Gasteiger partial charge in [0.2, 0.25) is 5.78 Å². The molecule has 3 aromatic rings. The highest BCUT2D eigenvalue weighted by Crippen LogP contribution is 2.44. The second-order valence-corrected chi connectivity index (χ2v) is 8.33. The molecule has 2 atom stereocenters. The van der Waals surface area contributed by atoms with E-state index in [1.54, 1.807) is 75.6 Å². The Morgan fingerprint density at radius 3 is 2.44 bits per heavy atom. The predicted octanol–water partition coefficient (Wildman–Crippen LogP) is 3.87. The first-order chi connectivity index (χ1) is 16.4. The van der Waals surface area contributed by atoms with Gasteiger partial charge in [-0.1, -0.05) is 49.3 Å². The zero-order chi connectivity index (χ0) is 24.2. The summed E-state index contributed by atoms with van der Waals surface area (Å²) in [5, 5.41) is 3.92. The van der Waals surface area contributed by atoms with Gasteiger partial charge in [-0.3, -0.25) is 19.3 Å². The fraction of sp³-hybridized carbons (Fsp3) is 0.308. The van der Waals surface area contributed by atoms with Crippen molar-refractivity contribution in [3.63, 3.8) is 0 Å². The second kappa shape index (κ2) is 10.0. The van der Waals surface area contributed by atoms with E-state index in [4.69, 9.17) is 14.0 Å². The van der Waals surface area contributed by atoms with Crippen molar-refractivity contribution in [1.29, 1.82) is 0 Å². The van der Waals surface area contributed by atoms with Crippen molar-refractivity contribution in [2.45, 2.75) is 19.9 Å². The van der Waals surface area contributed by atoms with Gasteiger partial charge in [0.25, 0.3) is 5.91 Å². The molecule has 1 aliphatic rings. The molecule has 0 saturated carbocycles. The first kappa shape index (κ1) is 23.4. The van der Waals surface area contributed by atoms with Gasteiger partial charge in [0.1, 0.15) is 36.0 Å². The number of hydrogen-bond acceptors (Lipinski definition) is 7. The van der Waals surface area contributed by atoms with Crippen LogP contribution in [0.4, 0.5) is 5.69 Å². The van der Waals surface area contributed by atoms with E-state index >= 15 is 0 Å². The summed E-state index contributed by atoms with van der Waals surface area (Å²) in [6.45, 7) is 4.12. The molecule has 4 rings (SSSR count). The molecule has 0 radical (unpaired) electrons. The highest BCUT2D eigenvalue weighted by Gasteiger charge is 2.53. The quantitative estimate of drug-likeness (QED) is 0.270. The van der Waals surface area contributed by atoms with Gasteiger partial charge in [0, 0.05) is 35.9 Å². The Bertz CT molecular complexity index is 1170. The van der Waals surface area contributed by atoms with Gasteiger partial charge in [0.05, 0.1) is 12.6 Å². The van der Waals surface area contributed by atoms with Gasteiger partial charge in [0.15, 0.2) is 0 Å². The molecular formula is C26H26N2O6. The van der Waals surface area contributed by atoms with Crippen LogP contribution in [0.3, 0.4) is 0 Å². The molecule has 8 nitrogen and oxygen atoms in total. The van der Waals surface area contributed by atoms with Crippen molar-refractivity contribution < 1.29 is 28.4 Å². The van der Waals surface area contributed by atoms with E-state index in [0.29, 0.717) is 29.3 Å². The van der Waals surface area contributed by atoms with Crippen LogP contribution < -0.4 is 9.64 Å². The first-order valence-corrected chi connectivity index (χ1v) is 11.1. The summed E-state index contributed by atoms with van der Waals surface area (Å²) in [5.41, 5.74) is 2.54. The Hall–Kier alpha value is -3.78. The molecular weight excluding hydrogens is 436 g/mol. The SMILES string of the molecule is COCCOc1ccccc1C1C(C(=O)C(C)C)C(=O)C(=O)N1c1ccc(-c2ccon2)cc1. The van der Waals surface area contributed by atoms with Gasteiger partial charge in [-0.25, -0.2) is 0 Å². The van der Waals surface area contributed by atoms with Crippen LogP contribution in [0, 0.1) is 11.8 Å². The zero-order valence-electron chi connectivity index (χ0n) is 19.3. The monoisotopic (exact) mass is 462 g/mol. The van der Waals surface area contributed by atoms with E-state index in [1.807, 2.05) is 0 Å². The van der Waals surface area contributed by atoms with Crippen LogP contribution in [0.2, 0.25) is 0 Å². The molecule has 0 aliphatic carbocycles. The number of ether oxygens (including phenoxy) is 2. The topological polar surface area (TPSA) is 98.9 Å². The van der Waals surface area contributed by atoms with Crippen molar-refractivity contribution in [1.82, 2.24) is 5.16 Å². The molecule has 176 valence electrons. The minimum Gasteiger partial charge on any atom is -0.491 e. The lowest BCUT2D eigenvalue weighted by molar-refractivity contribution is -0.139. The predicted molar refractivity (Wildman–Crippen MR) is 124 cm³/mol. The van der Waals surface area contributed by atoms with Crippen LogP contribution in [-0.2, 0) is 19.1 Å². The van der Waals surface area contributed by atoms with Crippen LogP contribution in [0.1, 0.15) is 25.5 Å². The molecule has 1 aromatic heterocycles. The third kappa shape index (κ3) is 4.36. The normalized spacial score (nSPS) is 18.1.